The van der Waals surface area contributed by atoms with Gasteiger partial charge in [-0.3, -0.25) is 10.1 Å². The highest BCUT2D eigenvalue weighted by atomic mass is 35.5. The zero-order valence-corrected chi connectivity index (χ0v) is 14.0. The van der Waals surface area contributed by atoms with Gasteiger partial charge in [-0.2, -0.15) is 0 Å². The molecule has 0 saturated carbocycles. The Labute approximate surface area is 149 Å². The summed E-state index contributed by atoms with van der Waals surface area (Å²) in [5.41, 5.74) is 2.55. The van der Waals surface area contributed by atoms with Gasteiger partial charge in [-0.15, -0.1) is 6.42 Å². The van der Waals surface area contributed by atoms with E-state index in [1.807, 2.05) is 30.5 Å². The van der Waals surface area contributed by atoms with Gasteiger partial charge in [-0.05, 0) is 29.3 Å². The maximum absolute atomic E-state index is 11.2. The van der Waals surface area contributed by atoms with Crippen LogP contribution in [0.15, 0.2) is 48.7 Å². The Hall–Kier alpha value is -2.97. The summed E-state index contributed by atoms with van der Waals surface area (Å²) >= 11 is 6.25. The lowest BCUT2D eigenvalue weighted by Gasteiger charge is -2.15. The molecule has 0 aliphatic rings. The van der Waals surface area contributed by atoms with Gasteiger partial charge in [-0.25, -0.2) is 0 Å². The maximum Gasteiger partial charge on any atom is 0.214 e. The summed E-state index contributed by atoms with van der Waals surface area (Å²) in [4.78, 5) is 14.1. The summed E-state index contributed by atoms with van der Waals surface area (Å²) < 4.78 is 5.35. The molecule has 1 atom stereocenters. The Balaban J connectivity index is 2.03. The number of H-pyrrole nitrogens is 1. The van der Waals surface area contributed by atoms with Crippen molar-refractivity contribution >= 4 is 22.5 Å². The van der Waals surface area contributed by atoms with Gasteiger partial charge in [0.15, 0.2) is 0 Å². The van der Waals surface area contributed by atoms with Crippen molar-refractivity contribution in [2.45, 2.75) is 5.92 Å². The predicted molar refractivity (Wildman–Crippen MR) is 97.8 cm³/mol. The van der Waals surface area contributed by atoms with E-state index >= 15 is 0 Å². The van der Waals surface area contributed by atoms with Gasteiger partial charge in [0, 0.05) is 22.0 Å². The van der Waals surface area contributed by atoms with Crippen molar-refractivity contribution in [3.8, 4) is 18.1 Å². The van der Waals surface area contributed by atoms with Crippen LogP contribution in [0.1, 0.15) is 17.0 Å². The highest BCUT2D eigenvalue weighted by Gasteiger charge is 2.24. The van der Waals surface area contributed by atoms with Crippen LogP contribution in [0.4, 0.5) is 0 Å². The summed E-state index contributed by atoms with van der Waals surface area (Å²) in [6, 6.07) is 12.9. The first-order chi connectivity index (χ1) is 12.1. The fourth-order valence-corrected chi connectivity index (χ4v) is 3.13. The lowest BCUT2D eigenvalue weighted by atomic mass is 9.91. The van der Waals surface area contributed by atoms with Crippen molar-refractivity contribution in [2.24, 2.45) is 0 Å². The topological polar surface area (TPSA) is 68.2 Å². The molecule has 0 aliphatic carbocycles. The van der Waals surface area contributed by atoms with E-state index in [1.165, 1.54) is 0 Å². The number of para-hydroxylation sites is 1. The van der Waals surface area contributed by atoms with Crippen LogP contribution < -0.4 is 4.74 Å². The largest absolute Gasteiger partial charge is 0.479 e. The van der Waals surface area contributed by atoms with Crippen molar-refractivity contribution in [3.05, 3.63) is 74.9 Å². The summed E-state index contributed by atoms with van der Waals surface area (Å²) in [5, 5.41) is 12.6. The molecule has 126 valence electrons. The van der Waals surface area contributed by atoms with Crippen LogP contribution in [0, 0.1) is 22.5 Å². The fraction of sp³-hybridized carbons (Fsp3) is 0.158. The molecule has 6 heteroatoms. The summed E-state index contributed by atoms with van der Waals surface area (Å²) in [6.45, 7) is -0.122. The molecule has 3 aromatic rings. The van der Waals surface area contributed by atoms with Gasteiger partial charge < -0.3 is 9.72 Å². The quantitative estimate of drug-likeness (QED) is 0.409. The maximum atomic E-state index is 11.2. The smallest absolute Gasteiger partial charge is 0.214 e. The molecule has 0 aliphatic heterocycles. The van der Waals surface area contributed by atoms with E-state index < -0.39 is 5.92 Å². The minimum atomic E-state index is -0.426. The van der Waals surface area contributed by atoms with E-state index in [1.54, 1.807) is 18.2 Å². The number of nitro groups is 1. The monoisotopic (exact) mass is 354 g/mol. The Morgan fingerprint density at radius 2 is 2.12 bits per heavy atom. The zero-order valence-electron chi connectivity index (χ0n) is 13.2. The van der Waals surface area contributed by atoms with Crippen LogP contribution in [0.5, 0.6) is 5.75 Å². The second kappa shape index (κ2) is 7.29. The Morgan fingerprint density at radius 3 is 2.84 bits per heavy atom. The molecule has 5 nitrogen and oxygen atoms in total. The molecular formula is C19H15ClN2O3. The van der Waals surface area contributed by atoms with E-state index in [4.69, 9.17) is 22.8 Å². The molecular weight excluding hydrogens is 340 g/mol. The lowest BCUT2D eigenvalue weighted by molar-refractivity contribution is -0.481. The van der Waals surface area contributed by atoms with Crippen molar-refractivity contribution in [1.82, 2.24) is 4.98 Å². The van der Waals surface area contributed by atoms with E-state index in [-0.39, 0.29) is 18.1 Å². The number of nitrogens with zero attached hydrogens (tertiary/aromatic N) is 1. The molecule has 1 aromatic heterocycles. The molecule has 1 N–H and O–H groups in total. The molecule has 1 heterocycles. The Bertz CT molecular complexity index is 959. The van der Waals surface area contributed by atoms with Crippen LogP contribution in [0.25, 0.3) is 10.9 Å². The molecule has 3 rings (SSSR count). The minimum Gasteiger partial charge on any atom is -0.479 e. The number of aromatic nitrogens is 1. The standard InChI is InChI=1S/C19H15ClN2O3/c1-2-9-25-19-8-7-13(10-17(19)20)16(12-22(23)24)15-11-21-18-6-4-3-5-14(15)18/h1,3-8,10-11,16,21H,9,12H2/t16-/m1/s1. The number of aromatic amines is 1. The number of ether oxygens (including phenoxy) is 1. The molecule has 0 saturated heterocycles. The first-order valence-corrected chi connectivity index (χ1v) is 8.01. The average Bonchev–Trinajstić information content (AvgIpc) is 3.02. The number of rotatable bonds is 6. The van der Waals surface area contributed by atoms with Crippen LogP contribution >= 0.6 is 11.6 Å². The third-order valence-electron chi connectivity index (χ3n) is 4.00. The first-order valence-electron chi connectivity index (χ1n) is 7.63. The molecule has 25 heavy (non-hydrogen) atoms. The normalized spacial score (nSPS) is 11.8. The van der Waals surface area contributed by atoms with Gasteiger partial charge >= 0.3 is 0 Å². The average molecular weight is 355 g/mol. The minimum absolute atomic E-state index is 0.111. The number of halogens is 1. The van der Waals surface area contributed by atoms with E-state index in [2.05, 4.69) is 10.9 Å². The van der Waals surface area contributed by atoms with Crippen LogP contribution in [-0.4, -0.2) is 23.1 Å². The third kappa shape index (κ3) is 3.59. The number of benzene rings is 2. The lowest BCUT2D eigenvalue weighted by Crippen LogP contribution is -2.13. The second-order valence-corrected chi connectivity index (χ2v) is 5.95. The summed E-state index contributed by atoms with van der Waals surface area (Å²) in [6.07, 6.45) is 6.99. The third-order valence-corrected chi connectivity index (χ3v) is 4.29. The molecule has 0 fully saturated rings. The van der Waals surface area contributed by atoms with Gasteiger partial charge in [0.25, 0.3) is 0 Å². The molecule has 0 bridgehead atoms. The van der Waals surface area contributed by atoms with Gasteiger partial charge in [0.2, 0.25) is 6.54 Å². The van der Waals surface area contributed by atoms with Gasteiger partial charge in [0.05, 0.1) is 10.9 Å². The van der Waals surface area contributed by atoms with Crippen molar-refractivity contribution in [3.63, 3.8) is 0 Å². The summed E-state index contributed by atoms with van der Waals surface area (Å²) in [5.74, 6) is 2.41. The highest BCUT2D eigenvalue weighted by molar-refractivity contribution is 6.32. The number of hydrogen-bond donors (Lipinski definition) is 1. The zero-order chi connectivity index (χ0) is 17.8. The van der Waals surface area contributed by atoms with Crippen molar-refractivity contribution in [2.75, 3.05) is 13.2 Å². The molecule has 0 radical (unpaired) electrons. The molecule has 0 spiro atoms. The van der Waals surface area contributed by atoms with E-state index in [0.717, 1.165) is 22.0 Å². The van der Waals surface area contributed by atoms with E-state index in [0.29, 0.717) is 10.8 Å². The van der Waals surface area contributed by atoms with Gasteiger partial charge in [0.1, 0.15) is 12.4 Å². The second-order valence-electron chi connectivity index (χ2n) is 5.54. The number of terminal acetylenes is 1. The van der Waals surface area contributed by atoms with Crippen LogP contribution in [0.3, 0.4) is 0 Å². The number of fused-ring (bicyclic) bond motifs is 1. The van der Waals surface area contributed by atoms with Crippen molar-refractivity contribution in [1.29, 1.82) is 0 Å². The number of nitrogens with one attached hydrogen (secondary N) is 1. The number of hydrogen-bond acceptors (Lipinski definition) is 3. The van der Waals surface area contributed by atoms with Crippen LogP contribution in [0.2, 0.25) is 5.02 Å². The van der Waals surface area contributed by atoms with E-state index in [9.17, 15) is 10.1 Å². The first kappa shape index (κ1) is 16.9. The molecule has 0 amide bonds. The molecule has 2 aromatic carbocycles. The van der Waals surface area contributed by atoms with Gasteiger partial charge in [-0.1, -0.05) is 41.8 Å². The highest BCUT2D eigenvalue weighted by Crippen LogP contribution is 2.34. The SMILES string of the molecule is C#CCOc1ccc([C@@H](C[N+](=O)[O-])c2c[nH]c3ccccc23)cc1Cl. The molecule has 0 unspecified atom stereocenters. The Kier molecular flexibility index (Phi) is 4.92. The Morgan fingerprint density at radius 1 is 1.32 bits per heavy atom. The van der Waals surface area contributed by atoms with Crippen molar-refractivity contribution < 1.29 is 9.66 Å². The summed E-state index contributed by atoms with van der Waals surface area (Å²) in [7, 11) is 0. The predicted octanol–water partition coefficient (Wildman–Crippen LogP) is 4.24. The fourth-order valence-electron chi connectivity index (χ4n) is 2.88. The van der Waals surface area contributed by atoms with Crippen LogP contribution in [-0.2, 0) is 0 Å².